The quantitative estimate of drug-likeness (QED) is 0.479. The molecule has 0 spiro atoms. The molecule has 0 radical (unpaired) electrons. The molecular weight excluding hydrogens is 288 g/mol. The smallest absolute Gasteiger partial charge is 0.224 e. The standard InChI is InChI=1S/C15H18N2OS2/c1-11-6-7-12(16)10-13(11)17-14(18)4-2-8-19-15-5-3-9-20-15/h3,5-7,9-10H,2,4,8,16H2,1H3,(H,17,18). The van der Waals surface area contributed by atoms with Crippen molar-refractivity contribution < 1.29 is 4.79 Å². The molecule has 3 nitrogen and oxygen atoms in total. The normalized spacial score (nSPS) is 10.4. The van der Waals surface area contributed by atoms with Crippen LogP contribution in [0, 0.1) is 6.92 Å². The van der Waals surface area contributed by atoms with Crippen molar-refractivity contribution in [3.63, 3.8) is 0 Å². The fourth-order valence-electron chi connectivity index (χ4n) is 1.74. The molecule has 0 atom stereocenters. The van der Waals surface area contributed by atoms with E-state index in [0.29, 0.717) is 12.1 Å². The lowest BCUT2D eigenvalue weighted by Gasteiger charge is -2.09. The number of amides is 1. The minimum absolute atomic E-state index is 0.0467. The second-order valence-electron chi connectivity index (χ2n) is 4.51. The molecule has 0 saturated carbocycles. The van der Waals surface area contributed by atoms with Crippen molar-refractivity contribution in [3.8, 4) is 0 Å². The number of thioether (sulfide) groups is 1. The summed E-state index contributed by atoms with van der Waals surface area (Å²) in [6, 6.07) is 9.70. The molecule has 3 N–H and O–H groups in total. The van der Waals surface area contributed by atoms with Gasteiger partial charge in [0.25, 0.3) is 0 Å². The van der Waals surface area contributed by atoms with Gasteiger partial charge >= 0.3 is 0 Å². The molecule has 5 heteroatoms. The summed E-state index contributed by atoms with van der Waals surface area (Å²) in [5, 5.41) is 4.99. The van der Waals surface area contributed by atoms with Crippen LogP contribution in [0.5, 0.6) is 0 Å². The first-order valence-corrected chi connectivity index (χ1v) is 8.34. The van der Waals surface area contributed by atoms with Crippen LogP contribution in [0.25, 0.3) is 0 Å². The third-order valence-electron chi connectivity index (χ3n) is 2.82. The van der Waals surface area contributed by atoms with Crippen LogP contribution in [0.15, 0.2) is 39.9 Å². The zero-order valence-electron chi connectivity index (χ0n) is 11.4. The third-order valence-corrected chi connectivity index (χ3v) is 5.04. The van der Waals surface area contributed by atoms with E-state index < -0.39 is 0 Å². The molecule has 0 fully saturated rings. The number of thiophene rings is 1. The number of hydrogen-bond acceptors (Lipinski definition) is 4. The zero-order valence-corrected chi connectivity index (χ0v) is 13.0. The van der Waals surface area contributed by atoms with Crippen LogP contribution in [0.1, 0.15) is 18.4 Å². The lowest BCUT2D eigenvalue weighted by molar-refractivity contribution is -0.116. The molecule has 1 aromatic heterocycles. The Kier molecular flexibility index (Phi) is 5.49. The van der Waals surface area contributed by atoms with Crippen LogP contribution in [-0.4, -0.2) is 11.7 Å². The van der Waals surface area contributed by atoms with Gasteiger partial charge < -0.3 is 11.1 Å². The Morgan fingerprint density at radius 3 is 3.00 bits per heavy atom. The number of nitrogen functional groups attached to an aromatic ring is 1. The Labute approximate surface area is 127 Å². The van der Waals surface area contributed by atoms with Gasteiger partial charge in [0, 0.05) is 17.8 Å². The Balaban J connectivity index is 1.73. The molecule has 1 heterocycles. The van der Waals surface area contributed by atoms with Crippen molar-refractivity contribution in [2.45, 2.75) is 24.0 Å². The van der Waals surface area contributed by atoms with E-state index in [4.69, 9.17) is 5.73 Å². The average molecular weight is 306 g/mol. The first kappa shape index (κ1) is 14.9. The van der Waals surface area contributed by atoms with E-state index in [1.807, 2.05) is 25.1 Å². The van der Waals surface area contributed by atoms with Gasteiger partial charge in [0.2, 0.25) is 5.91 Å². The summed E-state index contributed by atoms with van der Waals surface area (Å²) in [5.41, 5.74) is 8.23. The van der Waals surface area contributed by atoms with E-state index in [9.17, 15) is 4.79 Å². The minimum atomic E-state index is 0.0467. The van der Waals surface area contributed by atoms with Gasteiger partial charge in [0.15, 0.2) is 0 Å². The Bertz CT molecular complexity index is 567. The highest BCUT2D eigenvalue weighted by atomic mass is 32.2. The fourth-order valence-corrected chi connectivity index (χ4v) is 3.54. The molecule has 0 bridgehead atoms. The van der Waals surface area contributed by atoms with Gasteiger partial charge in [-0.15, -0.1) is 23.1 Å². The molecular formula is C15H18N2OS2. The number of anilines is 2. The van der Waals surface area contributed by atoms with Gasteiger partial charge in [-0.2, -0.15) is 0 Å². The van der Waals surface area contributed by atoms with Gasteiger partial charge in [-0.25, -0.2) is 0 Å². The summed E-state index contributed by atoms with van der Waals surface area (Å²) < 4.78 is 1.30. The topological polar surface area (TPSA) is 55.1 Å². The second kappa shape index (κ2) is 7.36. The van der Waals surface area contributed by atoms with E-state index in [2.05, 4.69) is 16.8 Å². The monoisotopic (exact) mass is 306 g/mol. The van der Waals surface area contributed by atoms with Crippen LogP contribution in [0.2, 0.25) is 0 Å². The number of nitrogens with one attached hydrogen (secondary N) is 1. The lowest BCUT2D eigenvalue weighted by atomic mass is 10.1. The maximum Gasteiger partial charge on any atom is 0.224 e. The number of carbonyl (C=O) groups is 1. The summed E-state index contributed by atoms with van der Waals surface area (Å²) in [6.07, 6.45) is 1.41. The van der Waals surface area contributed by atoms with Crippen LogP contribution in [0.4, 0.5) is 11.4 Å². The molecule has 1 amide bonds. The predicted molar refractivity (Wildman–Crippen MR) is 88.5 cm³/mol. The molecule has 0 aliphatic rings. The highest BCUT2D eigenvalue weighted by Gasteiger charge is 2.05. The second-order valence-corrected chi connectivity index (χ2v) is 6.85. The van der Waals surface area contributed by atoms with Crippen molar-refractivity contribution in [1.29, 1.82) is 0 Å². The summed E-state index contributed by atoms with van der Waals surface area (Å²) in [6.45, 7) is 1.96. The highest BCUT2D eigenvalue weighted by Crippen LogP contribution is 2.24. The van der Waals surface area contributed by atoms with E-state index in [0.717, 1.165) is 23.4 Å². The summed E-state index contributed by atoms with van der Waals surface area (Å²) in [5.74, 6) is 1.01. The summed E-state index contributed by atoms with van der Waals surface area (Å²) in [4.78, 5) is 11.9. The SMILES string of the molecule is Cc1ccc(N)cc1NC(=O)CCCSc1cccs1. The number of carbonyl (C=O) groups excluding carboxylic acids is 1. The van der Waals surface area contributed by atoms with Crippen LogP contribution in [0.3, 0.4) is 0 Å². The number of hydrogen-bond donors (Lipinski definition) is 2. The van der Waals surface area contributed by atoms with Gasteiger partial charge in [-0.1, -0.05) is 12.1 Å². The molecule has 20 heavy (non-hydrogen) atoms. The van der Waals surface area contributed by atoms with Crippen molar-refractivity contribution in [2.24, 2.45) is 0 Å². The Morgan fingerprint density at radius 1 is 1.40 bits per heavy atom. The number of nitrogens with two attached hydrogens (primary N) is 1. The molecule has 0 unspecified atom stereocenters. The molecule has 0 aliphatic carbocycles. The molecule has 0 aliphatic heterocycles. The van der Waals surface area contributed by atoms with Crippen molar-refractivity contribution in [2.75, 3.05) is 16.8 Å². The Hall–Kier alpha value is -1.46. The average Bonchev–Trinajstić information content (AvgIpc) is 2.92. The highest BCUT2D eigenvalue weighted by molar-refractivity contribution is 8.01. The van der Waals surface area contributed by atoms with Gasteiger partial charge in [0.05, 0.1) is 4.21 Å². The van der Waals surface area contributed by atoms with E-state index in [-0.39, 0.29) is 5.91 Å². The lowest BCUT2D eigenvalue weighted by Crippen LogP contribution is -2.12. The predicted octanol–water partition coefficient (Wildman–Crippen LogP) is 4.15. The van der Waals surface area contributed by atoms with E-state index in [1.165, 1.54) is 4.21 Å². The Morgan fingerprint density at radius 2 is 2.25 bits per heavy atom. The third kappa shape index (κ3) is 4.58. The molecule has 106 valence electrons. The van der Waals surface area contributed by atoms with Gasteiger partial charge in [-0.05, 0) is 48.2 Å². The number of rotatable bonds is 6. The number of aryl methyl sites for hydroxylation is 1. The summed E-state index contributed by atoms with van der Waals surface area (Å²) in [7, 11) is 0. The van der Waals surface area contributed by atoms with Crippen LogP contribution >= 0.6 is 23.1 Å². The first-order valence-electron chi connectivity index (χ1n) is 6.47. The maximum atomic E-state index is 11.9. The molecule has 2 rings (SSSR count). The summed E-state index contributed by atoms with van der Waals surface area (Å²) >= 11 is 3.54. The maximum absolute atomic E-state index is 11.9. The van der Waals surface area contributed by atoms with Crippen molar-refractivity contribution >= 4 is 40.4 Å². The van der Waals surface area contributed by atoms with E-state index in [1.54, 1.807) is 29.2 Å². The molecule has 2 aromatic rings. The fraction of sp³-hybridized carbons (Fsp3) is 0.267. The van der Waals surface area contributed by atoms with E-state index >= 15 is 0 Å². The van der Waals surface area contributed by atoms with Crippen LogP contribution in [-0.2, 0) is 4.79 Å². The molecule has 0 saturated heterocycles. The zero-order chi connectivity index (χ0) is 14.4. The van der Waals surface area contributed by atoms with Gasteiger partial charge in [0.1, 0.15) is 0 Å². The van der Waals surface area contributed by atoms with Crippen molar-refractivity contribution in [3.05, 3.63) is 41.3 Å². The first-order chi connectivity index (χ1) is 9.65. The number of benzene rings is 1. The van der Waals surface area contributed by atoms with Gasteiger partial charge in [-0.3, -0.25) is 4.79 Å². The largest absolute Gasteiger partial charge is 0.399 e. The van der Waals surface area contributed by atoms with Crippen molar-refractivity contribution in [1.82, 2.24) is 0 Å². The minimum Gasteiger partial charge on any atom is -0.399 e. The molecule has 1 aromatic carbocycles. The van der Waals surface area contributed by atoms with Crippen LogP contribution < -0.4 is 11.1 Å².